The fourth-order valence-electron chi connectivity index (χ4n) is 3.09. The van der Waals surface area contributed by atoms with E-state index < -0.39 is 28.0 Å². The Balaban J connectivity index is 1.65. The third kappa shape index (κ3) is 4.63. The van der Waals surface area contributed by atoms with E-state index in [0.717, 1.165) is 11.3 Å². The molecule has 9 heteroatoms. The molecule has 28 heavy (non-hydrogen) atoms. The number of benzene rings is 1. The molecule has 1 aliphatic rings. The number of carbonyl (C=O) groups excluding carboxylic acids is 2. The van der Waals surface area contributed by atoms with Gasteiger partial charge in [0.25, 0.3) is 10.0 Å². The van der Waals surface area contributed by atoms with Gasteiger partial charge in [-0.25, -0.2) is 8.42 Å². The molecular weight excluding hydrogens is 422 g/mol. The van der Waals surface area contributed by atoms with Crippen LogP contribution in [0.3, 0.4) is 0 Å². The fraction of sp³-hybridized carbons (Fsp3) is 0.368. The van der Waals surface area contributed by atoms with Gasteiger partial charge in [0.05, 0.1) is 5.92 Å². The standard InChI is InChI=1S/C19H20ClNO5S2/c1-13(18(22)14-5-2-7-16(20)11-14)26-19(23)15-6-3-9-21(12-15)28(24,25)17-8-4-10-27-17/h2,4-5,7-8,10-11,13,15H,3,6,9,12H2,1H3/t13-,15-/m1/s1. The smallest absolute Gasteiger partial charge is 0.310 e. The minimum absolute atomic E-state index is 0.0527. The van der Waals surface area contributed by atoms with Gasteiger partial charge in [-0.15, -0.1) is 11.3 Å². The van der Waals surface area contributed by atoms with Crippen molar-refractivity contribution in [3.8, 4) is 0 Å². The van der Waals surface area contributed by atoms with Crippen LogP contribution in [0.5, 0.6) is 0 Å². The summed E-state index contributed by atoms with van der Waals surface area (Å²) >= 11 is 7.05. The quantitative estimate of drug-likeness (QED) is 0.505. The van der Waals surface area contributed by atoms with Crippen LogP contribution in [0.25, 0.3) is 0 Å². The predicted octanol–water partition coefficient (Wildman–Crippen LogP) is 3.62. The van der Waals surface area contributed by atoms with Crippen LogP contribution in [0.1, 0.15) is 30.1 Å². The van der Waals surface area contributed by atoms with Crippen LogP contribution in [-0.4, -0.2) is 43.7 Å². The van der Waals surface area contributed by atoms with Gasteiger partial charge >= 0.3 is 5.97 Å². The molecule has 0 radical (unpaired) electrons. The number of hydrogen-bond acceptors (Lipinski definition) is 6. The Morgan fingerprint density at radius 2 is 2.07 bits per heavy atom. The molecule has 1 aromatic heterocycles. The number of thiophene rings is 1. The van der Waals surface area contributed by atoms with Crippen LogP contribution in [0, 0.1) is 5.92 Å². The molecule has 6 nitrogen and oxygen atoms in total. The van der Waals surface area contributed by atoms with Crippen LogP contribution < -0.4 is 0 Å². The molecule has 0 amide bonds. The number of hydrogen-bond donors (Lipinski definition) is 0. The highest BCUT2D eigenvalue weighted by Crippen LogP contribution is 2.27. The molecular formula is C19H20ClNO5S2. The Hall–Kier alpha value is -1.74. The zero-order valence-electron chi connectivity index (χ0n) is 15.2. The van der Waals surface area contributed by atoms with Gasteiger partial charge in [0.1, 0.15) is 4.21 Å². The number of esters is 1. The van der Waals surface area contributed by atoms with Crippen LogP contribution in [0.15, 0.2) is 46.0 Å². The third-order valence-electron chi connectivity index (χ3n) is 4.58. The second-order valence-corrected chi connectivity index (χ2v) is 10.1. The Bertz CT molecular complexity index is 958. The summed E-state index contributed by atoms with van der Waals surface area (Å²) in [6, 6.07) is 9.65. The lowest BCUT2D eigenvalue weighted by atomic mass is 9.99. The number of ether oxygens (including phenoxy) is 1. The van der Waals surface area contributed by atoms with Crippen molar-refractivity contribution in [2.24, 2.45) is 5.92 Å². The zero-order valence-corrected chi connectivity index (χ0v) is 17.6. The van der Waals surface area contributed by atoms with E-state index in [0.29, 0.717) is 30.0 Å². The second kappa shape index (κ2) is 8.73. The van der Waals surface area contributed by atoms with E-state index in [9.17, 15) is 18.0 Å². The van der Waals surface area contributed by atoms with Gasteiger partial charge in [-0.3, -0.25) is 9.59 Å². The van der Waals surface area contributed by atoms with Crippen LogP contribution in [0.2, 0.25) is 5.02 Å². The maximum Gasteiger partial charge on any atom is 0.310 e. The maximum atomic E-state index is 12.7. The summed E-state index contributed by atoms with van der Waals surface area (Å²) in [6.07, 6.45) is 0.101. The molecule has 0 spiro atoms. The number of Topliss-reactive ketones (excluding diaryl/α,β-unsaturated/α-hetero) is 1. The molecule has 0 saturated carbocycles. The lowest BCUT2D eigenvalue weighted by Gasteiger charge is -2.30. The predicted molar refractivity (Wildman–Crippen MR) is 107 cm³/mol. The topological polar surface area (TPSA) is 80.8 Å². The van der Waals surface area contributed by atoms with Crippen molar-refractivity contribution in [2.45, 2.75) is 30.1 Å². The van der Waals surface area contributed by atoms with Crippen molar-refractivity contribution < 1.29 is 22.7 Å². The number of piperidine rings is 1. The van der Waals surface area contributed by atoms with Crippen LogP contribution in [-0.2, 0) is 19.6 Å². The number of ketones is 1. The van der Waals surface area contributed by atoms with Crippen molar-refractivity contribution in [3.05, 3.63) is 52.4 Å². The van der Waals surface area contributed by atoms with Crippen molar-refractivity contribution in [1.82, 2.24) is 4.31 Å². The molecule has 1 saturated heterocycles. The number of halogens is 1. The highest BCUT2D eigenvalue weighted by Gasteiger charge is 2.35. The Morgan fingerprint density at radius 1 is 1.29 bits per heavy atom. The molecule has 150 valence electrons. The van der Waals surface area contributed by atoms with Crippen molar-refractivity contribution >= 4 is 44.7 Å². The lowest BCUT2D eigenvalue weighted by molar-refractivity contribution is -0.152. The average Bonchev–Trinajstić information content (AvgIpc) is 3.23. The van der Waals surface area contributed by atoms with Gasteiger partial charge < -0.3 is 4.74 Å². The van der Waals surface area contributed by atoms with E-state index in [4.69, 9.17) is 16.3 Å². The van der Waals surface area contributed by atoms with E-state index in [1.807, 2.05) is 0 Å². The zero-order chi connectivity index (χ0) is 20.3. The van der Waals surface area contributed by atoms with Crippen LogP contribution >= 0.6 is 22.9 Å². The number of carbonyl (C=O) groups is 2. The summed E-state index contributed by atoms with van der Waals surface area (Å²) < 4.78 is 32.3. The molecule has 0 bridgehead atoms. The third-order valence-corrected chi connectivity index (χ3v) is 8.05. The first-order valence-electron chi connectivity index (χ1n) is 8.83. The first kappa shape index (κ1) is 21.0. The van der Waals surface area contributed by atoms with Gasteiger partial charge in [0.2, 0.25) is 5.78 Å². The number of rotatable bonds is 6. The normalized spacial score (nSPS) is 19.1. The van der Waals surface area contributed by atoms with E-state index in [1.54, 1.807) is 35.7 Å². The van der Waals surface area contributed by atoms with Crippen LogP contribution in [0.4, 0.5) is 0 Å². The number of nitrogens with zero attached hydrogens (tertiary/aromatic N) is 1. The van der Waals surface area contributed by atoms with Gasteiger partial charge in [0, 0.05) is 23.7 Å². The second-order valence-electron chi connectivity index (χ2n) is 6.59. The Labute approximate surface area is 173 Å². The van der Waals surface area contributed by atoms with Gasteiger partial charge in [0.15, 0.2) is 6.10 Å². The number of sulfonamides is 1. The minimum atomic E-state index is -3.62. The molecule has 2 aromatic rings. The average molecular weight is 442 g/mol. The first-order valence-corrected chi connectivity index (χ1v) is 11.5. The molecule has 1 aliphatic heterocycles. The molecule has 1 aromatic carbocycles. The van der Waals surface area contributed by atoms with E-state index in [-0.39, 0.29) is 16.5 Å². The van der Waals surface area contributed by atoms with Crippen molar-refractivity contribution in [3.63, 3.8) is 0 Å². The van der Waals surface area contributed by atoms with E-state index in [2.05, 4.69) is 0 Å². The summed E-state index contributed by atoms with van der Waals surface area (Å²) in [4.78, 5) is 25.0. The summed E-state index contributed by atoms with van der Waals surface area (Å²) in [5.41, 5.74) is 0.360. The maximum absolute atomic E-state index is 12.7. The lowest BCUT2D eigenvalue weighted by Crippen LogP contribution is -2.43. The monoisotopic (exact) mass is 441 g/mol. The highest BCUT2D eigenvalue weighted by molar-refractivity contribution is 7.91. The molecule has 2 heterocycles. The fourth-order valence-corrected chi connectivity index (χ4v) is 5.95. The molecule has 0 aliphatic carbocycles. The summed E-state index contributed by atoms with van der Waals surface area (Å²) in [6.45, 7) is 1.92. The molecule has 0 N–H and O–H groups in total. The minimum Gasteiger partial charge on any atom is -0.454 e. The van der Waals surface area contributed by atoms with Crippen molar-refractivity contribution in [1.29, 1.82) is 0 Å². The summed E-state index contributed by atoms with van der Waals surface area (Å²) in [5.74, 6) is -1.51. The molecule has 2 atom stereocenters. The first-order chi connectivity index (χ1) is 13.3. The van der Waals surface area contributed by atoms with Crippen molar-refractivity contribution in [2.75, 3.05) is 13.1 Å². The van der Waals surface area contributed by atoms with Gasteiger partial charge in [-0.05, 0) is 43.3 Å². The van der Waals surface area contributed by atoms with E-state index in [1.165, 1.54) is 17.3 Å². The Kier molecular flexibility index (Phi) is 6.54. The SMILES string of the molecule is C[C@@H](OC(=O)[C@@H]1CCCN(S(=O)(=O)c2cccs2)C1)C(=O)c1cccc(Cl)c1. The van der Waals surface area contributed by atoms with E-state index >= 15 is 0 Å². The largest absolute Gasteiger partial charge is 0.454 e. The Morgan fingerprint density at radius 3 is 2.75 bits per heavy atom. The molecule has 3 rings (SSSR count). The molecule has 0 unspecified atom stereocenters. The van der Waals surface area contributed by atoms with Gasteiger partial charge in [-0.1, -0.05) is 29.8 Å². The summed E-state index contributed by atoms with van der Waals surface area (Å²) in [5, 5.41) is 2.12. The van der Waals surface area contributed by atoms with Gasteiger partial charge in [-0.2, -0.15) is 4.31 Å². The molecule has 1 fully saturated rings. The highest BCUT2D eigenvalue weighted by atomic mass is 35.5. The summed E-state index contributed by atoms with van der Waals surface area (Å²) in [7, 11) is -3.62.